The van der Waals surface area contributed by atoms with Crippen molar-refractivity contribution in [2.75, 3.05) is 19.8 Å². The van der Waals surface area contributed by atoms with E-state index in [1.807, 2.05) is 0 Å². The second-order valence-corrected chi connectivity index (χ2v) is 5.90. The van der Waals surface area contributed by atoms with Gasteiger partial charge in [-0.2, -0.15) is 0 Å². The Morgan fingerprint density at radius 1 is 1.32 bits per heavy atom. The topological polar surface area (TPSA) is 21.3 Å². The Kier molecular flexibility index (Phi) is 4.19. The predicted octanol–water partition coefficient (Wildman–Crippen LogP) is 3.12. The average Bonchev–Trinajstić information content (AvgIpc) is 2.89. The summed E-state index contributed by atoms with van der Waals surface area (Å²) in [6.07, 6.45) is 5.08. The van der Waals surface area contributed by atoms with Crippen LogP contribution in [0.25, 0.3) is 0 Å². The fraction of sp³-hybridized carbons (Fsp3) is 0.647. The Morgan fingerprint density at radius 3 is 3.00 bits per heavy atom. The molecule has 0 saturated carbocycles. The van der Waals surface area contributed by atoms with E-state index in [1.165, 1.54) is 25.7 Å². The maximum atomic E-state index is 5.72. The van der Waals surface area contributed by atoms with Gasteiger partial charge >= 0.3 is 0 Å². The first-order valence-corrected chi connectivity index (χ1v) is 7.79. The van der Waals surface area contributed by atoms with Crippen LogP contribution in [0.4, 0.5) is 0 Å². The molecule has 1 aromatic rings. The molecule has 3 unspecified atom stereocenters. The van der Waals surface area contributed by atoms with E-state index in [0.717, 1.165) is 19.8 Å². The molecule has 2 nitrogen and oxygen atoms in total. The van der Waals surface area contributed by atoms with Crippen molar-refractivity contribution in [1.29, 1.82) is 0 Å². The van der Waals surface area contributed by atoms with Crippen LogP contribution in [0.3, 0.4) is 0 Å². The molecule has 2 aliphatic rings. The first-order valence-electron chi connectivity index (χ1n) is 7.79. The molecule has 1 aliphatic heterocycles. The van der Waals surface area contributed by atoms with Gasteiger partial charge in [-0.25, -0.2) is 0 Å². The fourth-order valence-electron chi connectivity index (χ4n) is 3.89. The van der Waals surface area contributed by atoms with Crippen molar-refractivity contribution in [1.82, 2.24) is 5.32 Å². The van der Waals surface area contributed by atoms with Crippen LogP contribution in [0, 0.1) is 5.92 Å². The van der Waals surface area contributed by atoms with Crippen LogP contribution >= 0.6 is 0 Å². The Morgan fingerprint density at radius 2 is 2.21 bits per heavy atom. The molecule has 1 fully saturated rings. The number of fused-ring (bicyclic) bond motifs is 1. The molecule has 3 rings (SSSR count). The highest BCUT2D eigenvalue weighted by Gasteiger charge is 2.34. The maximum Gasteiger partial charge on any atom is 0.0509 e. The molecule has 1 heterocycles. The third kappa shape index (κ3) is 2.70. The van der Waals surface area contributed by atoms with Crippen LogP contribution in [0.5, 0.6) is 0 Å². The second-order valence-electron chi connectivity index (χ2n) is 5.90. The highest BCUT2D eigenvalue weighted by molar-refractivity contribution is 5.36. The van der Waals surface area contributed by atoms with Gasteiger partial charge in [0, 0.05) is 18.6 Å². The van der Waals surface area contributed by atoms with Crippen molar-refractivity contribution in [3.05, 3.63) is 35.4 Å². The highest BCUT2D eigenvalue weighted by Crippen LogP contribution is 2.39. The zero-order chi connectivity index (χ0) is 13.1. The number of hydrogen-bond acceptors (Lipinski definition) is 2. The van der Waals surface area contributed by atoms with Crippen LogP contribution in [-0.4, -0.2) is 25.8 Å². The van der Waals surface area contributed by atoms with E-state index in [9.17, 15) is 0 Å². The molecule has 1 saturated heterocycles. The Balaban J connectivity index is 1.80. The number of rotatable bonds is 4. The van der Waals surface area contributed by atoms with Gasteiger partial charge < -0.3 is 10.1 Å². The number of nitrogens with one attached hydrogen (secondary N) is 1. The van der Waals surface area contributed by atoms with Crippen LogP contribution in [0.1, 0.15) is 43.2 Å². The van der Waals surface area contributed by atoms with E-state index >= 15 is 0 Å². The summed E-state index contributed by atoms with van der Waals surface area (Å²) in [7, 11) is 0. The molecule has 0 amide bonds. The van der Waals surface area contributed by atoms with Gasteiger partial charge in [-0.05, 0) is 49.3 Å². The standard InChI is InChI=1S/C17H25NO/c1-2-18-17(14-7-5-11-19-12-14)16-10-9-13-6-3-4-8-15(13)16/h3-4,6,8,14,16-18H,2,5,7,9-12H2,1H3. The first-order chi connectivity index (χ1) is 9.40. The summed E-state index contributed by atoms with van der Waals surface area (Å²) in [6, 6.07) is 9.59. The summed E-state index contributed by atoms with van der Waals surface area (Å²) in [5.74, 6) is 1.37. The quantitative estimate of drug-likeness (QED) is 0.897. The zero-order valence-electron chi connectivity index (χ0n) is 11.9. The number of likely N-dealkylation sites (N-methyl/N-ethyl adjacent to an activating group) is 1. The van der Waals surface area contributed by atoms with E-state index in [0.29, 0.717) is 17.9 Å². The molecule has 1 aromatic carbocycles. The lowest BCUT2D eigenvalue weighted by Crippen LogP contribution is -2.43. The van der Waals surface area contributed by atoms with Gasteiger partial charge in [-0.15, -0.1) is 0 Å². The molecule has 0 bridgehead atoms. The van der Waals surface area contributed by atoms with E-state index in [4.69, 9.17) is 4.74 Å². The summed E-state index contributed by atoms with van der Waals surface area (Å²) in [5.41, 5.74) is 3.14. The molecule has 1 N–H and O–H groups in total. The van der Waals surface area contributed by atoms with Gasteiger partial charge in [0.25, 0.3) is 0 Å². The number of hydrogen-bond donors (Lipinski definition) is 1. The van der Waals surface area contributed by atoms with Crippen LogP contribution in [0.2, 0.25) is 0 Å². The Labute approximate surface area is 116 Å². The summed E-state index contributed by atoms with van der Waals surface area (Å²) in [6.45, 7) is 5.17. The number of benzene rings is 1. The van der Waals surface area contributed by atoms with Crippen molar-refractivity contribution in [3.8, 4) is 0 Å². The minimum Gasteiger partial charge on any atom is -0.381 e. The summed E-state index contributed by atoms with van der Waals surface area (Å²) >= 11 is 0. The van der Waals surface area contributed by atoms with E-state index in [2.05, 4.69) is 36.5 Å². The van der Waals surface area contributed by atoms with Gasteiger partial charge in [0.1, 0.15) is 0 Å². The van der Waals surface area contributed by atoms with Crippen molar-refractivity contribution < 1.29 is 4.74 Å². The van der Waals surface area contributed by atoms with Crippen molar-refractivity contribution in [3.63, 3.8) is 0 Å². The number of aryl methyl sites for hydroxylation is 1. The molecule has 0 spiro atoms. The summed E-state index contributed by atoms with van der Waals surface area (Å²) < 4.78 is 5.72. The molecular weight excluding hydrogens is 234 g/mol. The van der Waals surface area contributed by atoms with Crippen LogP contribution in [-0.2, 0) is 11.2 Å². The van der Waals surface area contributed by atoms with E-state index < -0.39 is 0 Å². The van der Waals surface area contributed by atoms with Crippen molar-refractivity contribution >= 4 is 0 Å². The Hall–Kier alpha value is -0.860. The molecule has 19 heavy (non-hydrogen) atoms. The second kappa shape index (κ2) is 6.06. The smallest absolute Gasteiger partial charge is 0.0509 e. The molecule has 1 aliphatic carbocycles. The monoisotopic (exact) mass is 259 g/mol. The molecule has 3 atom stereocenters. The van der Waals surface area contributed by atoms with Crippen molar-refractivity contribution in [2.24, 2.45) is 5.92 Å². The third-order valence-electron chi connectivity index (χ3n) is 4.76. The molecule has 0 aromatic heterocycles. The Bertz CT molecular complexity index is 411. The molecular formula is C17H25NO. The number of ether oxygens (including phenoxy) is 1. The van der Waals surface area contributed by atoms with Gasteiger partial charge in [0.2, 0.25) is 0 Å². The molecule has 0 radical (unpaired) electrons. The highest BCUT2D eigenvalue weighted by atomic mass is 16.5. The fourth-order valence-corrected chi connectivity index (χ4v) is 3.89. The third-order valence-corrected chi connectivity index (χ3v) is 4.76. The van der Waals surface area contributed by atoms with Crippen LogP contribution in [0.15, 0.2) is 24.3 Å². The average molecular weight is 259 g/mol. The summed E-state index contributed by atoms with van der Waals surface area (Å²) in [4.78, 5) is 0. The van der Waals surface area contributed by atoms with Gasteiger partial charge in [-0.1, -0.05) is 31.2 Å². The minimum absolute atomic E-state index is 0.592. The zero-order valence-corrected chi connectivity index (χ0v) is 11.9. The largest absolute Gasteiger partial charge is 0.381 e. The predicted molar refractivity (Wildman–Crippen MR) is 78.5 cm³/mol. The maximum absolute atomic E-state index is 5.72. The SMILES string of the molecule is CCNC(C1CCCOC1)C1CCc2ccccc21. The summed E-state index contributed by atoms with van der Waals surface area (Å²) in [5, 5.41) is 3.76. The van der Waals surface area contributed by atoms with E-state index in [-0.39, 0.29) is 0 Å². The lowest BCUT2D eigenvalue weighted by Gasteiger charge is -2.35. The lowest BCUT2D eigenvalue weighted by atomic mass is 9.82. The first kappa shape index (κ1) is 13.1. The van der Waals surface area contributed by atoms with Gasteiger partial charge in [0.05, 0.1) is 6.61 Å². The van der Waals surface area contributed by atoms with E-state index in [1.54, 1.807) is 11.1 Å². The van der Waals surface area contributed by atoms with Gasteiger partial charge in [-0.3, -0.25) is 0 Å². The van der Waals surface area contributed by atoms with Gasteiger partial charge in [0.15, 0.2) is 0 Å². The molecule has 2 heteroatoms. The molecule has 104 valence electrons. The normalized spacial score (nSPS) is 28.1. The van der Waals surface area contributed by atoms with Crippen LogP contribution < -0.4 is 5.32 Å². The minimum atomic E-state index is 0.592. The van der Waals surface area contributed by atoms with Crippen molar-refractivity contribution in [2.45, 2.75) is 44.6 Å². The lowest BCUT2D eigenvalue weighted by molar-refractivity contribution is 0.0350.